The highest BCUT2D eigenvalue weighted by Crippen LogP contribution is 2.52. The fourth-order valence-electron chi connectivity index (χ4n) is 6.23. The van der Waals surface area contributed by atoms with Crippen LogP contribution in [0.5, 0.6) is 0 Å². The van der Waals surface area contributed by atoms with Crippen LogP contribution in [-0.4, -0.2) is 48.5 Å². The number of nitrogens with one attached hydrogen (secondary N) is 1. The molecule has 2 fully saturated rings. The number of amides is 2. The molecule has 3 aliphatic rings. The molecule has 1 N–H and O–H groups in total. The first-order valence-electron chi connectivity index (χ1n) is 13.7. The Morgan fingerprint density at radius 2 is 1.97 bits per heavy atom. The van der Waals surface area contributed by atoms with Crippen molar-refractivity contribution in [3.8, 4) is 0 Å². The first-order chi connectivity index (χ1) is 18.2. The van der Waals surface area contributed by atoms with Gasteiger partial charge in [0.2, 0.25) is 11.8 Å². The Balaban J connectivity index is 1.76. The first-order valence-corrected chi connectivity index (χ1v) is 14.4. The number of likely N-dealkylation sites (tertiary alicyclic amines) is 1. The van der Waals surface area contributed by atoms with Gasteiger partial charge in [-0.3, -0.25) is 14.4 Å². The molecule has 1 saturated carbocycles. The lowest BCUT2D eigenvalue weighted by molar-refractivity contribution is -0.178. The van der Waals surface area contributed by atoms with E-state index in [1.54, 1.807) is 23.1 Å². The van der Waals surface area contributed by atoms with Gasteiger partial charge in [0.15, 0.2) is 0 Å². The lowest BCUT2D eigenvalue weighted by atomic mass is 9.66. The van der Waals surface area contributed by atoms with E-state index in [9.17, 15) is 14.4 Å². The molecule has 0 spiro atoms. The predicted octanol–water partition coefficient (Wildman–Crippen LogP) is 5.67. The van der Waals surface area contributed by atoms with Crippen LogP contribution in [-0.2, 0) is 30.4 Å². The summed E-state index contributed by atoms with van der Waals surface area (Å²) >= 11 is 12.7. The second-order valence-electron chi connectivity index (χ2n) is 10.8. The van der Waals surface area contributed by atoms with Crippen LogP contribution in [0.4, 0.5) is 0 Å². The molecule has 208 valence electrons. The molecule has 4 rings (SSSR count). The summed E-state index contributed by atoms with van der Waals surface area (Å²) in [7, 11) is 1.35. The van der Waals surface area contributed by atoms with Crippen LogP contribution in [0.1, 0.15) is 70.8 Å². The molecule has 0 unspecified atom stereocenters. The summed E-state index contributed by atoms with van der Waals surface area (Å²) in [5.41, 5.74) is 0.0812. The Kier molecular flexibility index (Phi) is 9.43. The molecular weight excluding hydrogens is 527 g/mol. The Hall–Kier alpha value is -2.09. The van der Waals surface area contributed by atoms with E-state index in [4.69, 9.17) is 32.7 Å². The van der Waals surface area contributed by atoms with Gasteiger partial charge in [-0.1, -0.05) is 55.5 Å². The third-order valence-electron chi connectivity index (χ3n) is 8.35. The van der Waals surface area contributed by atoms with E-state index < -0.39 is 23.4 Å². The van der Waals surface area contributed by atoms with E-state index in [1.807, 2.05) is 19.9 Å². The van der Waals surface area contributed by atoms with Crippen LogP contribution < -0.4 is 5.32 Å². The molecule has 0 aromatic heterocycles. The van der Waals surface area contributed by atoms with E-state index in [1.165, 1.54) is 7.11 Å². The van der Waals surface area contributed by atoms with E-state index in [2.05, 4.69) is 5.32 Å². The van der Waals surface area contributed by atoms with Crippen molar-refractivity contribution in [2.75, 3.05) is 13.7 Å². The maximum Gasteiger partial charge on any atom is 0.320 e. The molecule has 7 nitrogen and oxygen atoms in total. The largest absolute Gasteiger partial charge is 0.468 e. The lowest BCUT2D eigenvalue weighted by Gasteiger charge is -2.52. The van der Waals surface area contributed by atoms with Gasteiger partial charge in [-0.15, -0.1) is 0 Å². The summed E-state index contributed by atoms with van der Waals surface area (Å²) in [6, 6.07) is 5.16. The summed E-state index contributed by atoms with van der Waals surface area (Å²) in [5, 5.41) is 3.83. The van der Waals surface area contributed by atoms with Crippen LogP contribution in [0.3, 0.4) is 0 Å². The van der Waals surface area contributed by atoms with E-state index >= 15 is 0 Å². The zero-order valence-corrected chi connectivity index (χ0v) is 23.9. The highest BCUT2D eigenvalue weighted by atomic mass is 35.5. The molecule has 1 saturated heterocycles. The minimum absolute atomic E-state index is 0.0157. The monoisotopic (exact) mass is 564 g/mol. The molecule has 1 aromatic carbocycles. The van der Waals surface area contributed by atoms with Gasteiger partial charge in [-0.25, -0.2) is 0 Å². The van der Waals surface area contributed by atoms with Gasteiger partial charge in [-0.05, 0) is 62.3 Å². The average Bonchev–Trinajstić information content (AvgIpc) is 3.43. The second kappa shape index (κ2) is 12.4. The normalized spacial score (nSPS) is 27.6. The van der Waals surface area contributed by atoms with Gasteiger partial charge in [0, 0.05) is 34.6 Å². The van der Waals surface area contributed by atoms with Gasteiger partial charge in [-0.2, -0.15) is 0 Å². The molecule has 0 bridgehead atoms. The third-order valence-corrected chi connectivity index (χ3v) is 8.94. The van der Waals surface area contributed by atoms with Crippen LogP contribution in [0.25, 0.3) is 0 Å². The fraction of sp³-hybridized carbons (Fsp3) is 0.621. The van der Waals surface area contributed by atoms with Crippen molar-refractivity contribution in [1.29, 1.82) is 0 Å². The van der Waals surface area contributed by atoms with Crippen molar-refractivity contribution in [2.24, 2.45) is 17.3 Å². The Bertz CT molecular complexity index is 1090. The number of esters is 1. The van der Waals surface area contributed by atoms with E-state index in [0.29, 0.717) is 33.8 Å². The molecule has 1 aliphatic carbocycles. The second-order valence-corrected chi connectivity index (χ2v) is 11.6. The number of ether oxygens (including phenoxy) is 2. The fourth-order valence-corrected chi connectivity index (χ4v) is 6.70. The number of hydrogen-bond acceptors (Lipinski definition) is 5. The summed E-state index contributed by atoms with van der Waals surface area (Å²) < 4.78 is 11.9. The van der Waals surface area contributed by atoms with Crippen molar-refractivity contribution in [1.82, 2.24) is 10.2 Å². The minimum Gasteiger partial charge on any atom is -0.468 e. The van der Waals surface area contributed by atoms with Crippen LogP contribution in [0, 0.1) is 17.3 Å². The van der Waals surface area contributed by atoms with Crippen LogP contribution in [0.15, 0.2) is 30.0 Å². The molecule has 0 radical (unpaired) electrons. The number of benzene rings is 1. The number of halogens is 2. The number of hydrogen-bond donors (Lipinski definition) is 1. The molecule has 4 atom stereocenters. The van der Waals surface area contributed by atoms with Gasteiger partial charge < -0.3 is 19.7 Å². The molecule has 9 heteroatoms. The quantitative estimate of drug-likeness (QED) is 0.308. The number of carbonyl (C=O) groups excluding carboxylic acids is 3. The number of nitrogens with zero attached hydrogens (tertiary/aromatic N) is 1. The lowest BCUT2D eigenvalue weighted by Crippen LogP contribution is -2.60. The molecule has 38 heavy (non-hydrogen) atoms. The maximum absolute atomic E-state index is 14.1. The molecule has 2 aliphatic heterocycles. The SMILES string of the molecule is CCCCNC(=O)C[C@H]1C[C@@]2(C(=O)OC)C(=C[C@H](C3CCCC3)O[C@@H]2C)N(Cc2ccc(Cl)cc2Cl)C1=O. The Morgan fingerprint density at radius 3 is 2.63 bits per heavy atom. The number of carbonyl (C=O) groups is 3. The maximum atomic E-state index is 14.1. The Labute approximate surface area is 235 Å². The average molecular weight is 566 g/mol. The number of piperidine rings is 1. The standard InChI is InChI=1S/C29H38Cl2N2O5/c1-4-5-12-32-26(34)13-21-16-29(28(36)37-3)18(2)38-24(19-8-6-7-9-19)15-25(29)33(27(21)35)17-20-10-11-22(30)14-23(20)31/h10-11,14-15,18-19,21,24H,4-9,12-13,16-17H2,1-3H3,(H,32,34)/t18-,21+,24-,29+/m1/s1. The van der Waals surface area contributed by atoms with Crippen LogP contribution in [0.2, 0.25) is 10.0 Å². The summed E-state index contributed by atoms with van der Waals surface area (Å²) in [6.45, 7) is 4.63. The highest BCUT2D eigenvalue weighted by molar-refractivity contribution is 6.35. The van der Waals surface area contributed by atoms with Crippen LogP contribution >= 0.6 is 23.2 Å². The topological polar surface area (TPSA) is 84.9 Å². The van der Waals surface area contributed by atoms with Gasteiger partial charge in [0.05, 0.1) is 25.9 Å². The van der Waals surface area contributed by atoms with Crippen molar-refractivity contribution in [2.45, 2.75) is 84.0 Å². The number of fused-ring (bicyclic) bond motifs is 1. The smallest absolute Gasteiger partial charge is 0.320 e. The summed E-state index contributed by atoms with van der Waals surface area (Å²) in [4.78, 5) is 42.1. The summed E-state index contributed by atoms with van der Waals surface area (Å²) in [5.74, 6) is -1.25. The van der Waals surface area contributed by atoms with Gasteiger partial charge in [0.25, 0.3) is 0 Å². The van der Waals surface area contributed by atoms with Crippen molar-refractivity contribution in [3.63, 3.8) is 0 Å². The van der Waals surface area contributed by atoms with E-state index in [-0.39, 0.29) is 37.3 Å². The number of unbranched alkanes of at least 4 members (excludes halogenated alkanes) is 1. The minimum atomic E-state index is -1.22. The summed E-state index contributed by atoms with van der Waals surface area (Å²) in [6.07, 6.45) is 7.54. The predicted molar refractivity (Wildman–Crippen MR) is 146 cm³/mol. The number of methoxy groups -OCH3 is 1. The zero-order chi connectivity index (χ0) is 27.4. The molecule has 2 amide bonds. The van der Waals surface area contributed by atoms with Crippen molar-refractivity contribution < 1.29 is 23.9 Å². The molecule has 1 aromatic rings. The molecule has 2 heterocycles. The van der Waals surface area contributed by atoms with Gasteiger partial charge >= 0.3 is 5.97 Å². The zero-order valence-electron chi connectivity index (χ0n) is 22.4. The molecular formula is C29H38Cl2N2O5. The Morgan fingerprint density at radius 1 is 1.24 bits per heavy atom. The highest BCUT2D eigenvalue weighted by Gasteiger charge is 2.60. The first kappa shape index (κ1) is 28.9. The van der Waals surface area contributed by atoms with Gasteiger partial charge in [0.1, 0.15) is 5.41 Å². The van der Waals surface area contributed by atoms with Crippen molar-refractivity contribution >= 4 is 41.0 Å². The number of rotatable bonds is 9. The van der Waals surface area contributed by atoms with Crippen molar-refractivity contribution in [3.05, 3.63) is 45.6 Å². The third kappa shape index (κ3) is 5.75. The van der Waals surface area contributed by atoms with E-state index in [0.717, 1.165) is 38.5 Å².